The minimum Gasteiger partial charge on any atom is -0.494 e. The number of hydrogen-bond acceptors (Lipinski definition) is 4. The number of carboxylic acids is 1. The molecule has 1 aliphatic heterocycles. The van der Waals surface area contributed by atoms with Gasteiger partial charge in [0.05, 0.1) is 18.6 Å². The van der Waals surface area contributed by atoms with Crippen molar-refractivity contribution in [2.75, 3.05) is 19.7 Å². The summed E-state index contributed by atoms with van der Waals surface area (Å²) in [6.07, 6.45) is 1.42. The number of nitrogens with zero attached hydrogens (tertiary/aromatic N) is 1. The number of rotatable bonds is 6. The van der Waals surface area contributed by atoms with Crippen LogP contribution in [0.15, 0.2) is 35.7 Å². The van der Waals surface area contributed by atoms with Gasteiger partial charge in [-0.25, -0.2) is 0 Å². The van der Waals surface area contributed by atoms with Gasteiger partial charge in [-0.2, -0.15) is 0 Å². The molecule has 1 aliphatic rings. The monoisotopic (exact) mass is 359 g/mol. The van der Waals surface area contributed by atoms with Crippen LogP contribution in [0.3, 0.4) is 0 Å². The maximum absolute atomic E-state index is 11.3. The highest BCUT2D eigenvalue weighted by atomic mass is 32.1. The molecule has 3 rings (SSSR count). The van der Waals surface area contributed by atoms with Crippen LogP contribution in [0.1, 0.15) is 41.8 Å². The molecule has 2 heterocycles. The van der Waals surface area contributed by atoms with Crippen molar-refractivity contribution in [2.24, 2.45) is 5.92 Å². The number of piperidine rings is 1. The molecule has 2 aromatic rings. The van der Waals surface area contributed by atoms with Crippen molar-refractivity contribution in [3.8, 4) is 5.75 Å². The quantitative estimate of drug-likeness (QED) is 0.833. The third kappa shape index (κ3) is 4.22. The number of likely N-dealkylation sites (tertiary alicyclic amines) is 1. The molecule has 0 bridgehead atoms. The van der Waals surface area contributed by atoms with Gasteiger partial charge in [0.2, 0.25) is 0 Å². The fraction of sp³-hybridized carbons (Fsp3) is 0.450. The summed E-state index contributed by atoms with van der Waals surface area (Å²) in [5, 5.41) is 11.4. The molecule has 1 unspecified atom stereocenters. The van der Waals surface area contributed by atoms with Crippen molar-refractivity contribution in [1.29, 1.82) is 0 Å². The lowest BCUT2D eigenvalue weighted by atomic mass is 9.93. The minimum absolute atomic E-state index is 0.161. The Hall–Kier alpha value is -1.85. The molecule has 4 nitrogen and oxygen atoms in total. The third-order valence-electron chi connectivity index (χ3n) is 4.75. The Morgan fingerprint density at radius 3 is 2.72 bits per heavy atom. The van der Waals surface area contributed by atoms with Gasteiger partial charge in [0.25, 0.3) is 0 Å². The normalized spacial score (nSPS) is 17.4. The van der Waals surface area contributed by atoms with Crippen LogP contribution in [-0.2, 0) is 4.79 Å². The highest BCUT2D eigenvalue weighted by Crippen LogP contribution is 2.36. The maximum Gasteiger partial charge on any atom is 0.306 e. The molecule has 1 saturated heterocycles. The van der Waals surface area contributed by atoms with Gasteiger partial charge in [-0.05, 0) is 74.5 Å². The molecule has 0 aliphatic carbocycles. The van der Waals surface area contributed by atoms with Gasteiger partial charge in [0.1, 0.15) is 5.75 Å². The number of carbonyl (C=O) groups is 1. The molecule has 0 spiro atoms. The van der Waals surface area contributed by atoms with Gasteiger partial charge in [-0.15, -0.1) is 11.3 Å². The fourth-order valence-electron chi connectivity index (χ4n) is 3.50. The first kappa shape index (κ1) is 18.0. The Morgan fingerprint density at radius 1 is 1.36 bits per heavy atom. The van der Waals surface area contributed by atoms with Gasteiger partial charge in [-0.1, -0.05) is 12.1 Å². The molecule has 25 heavy (non-hydrogen) atoms. The standard InChI is InChI=1S/C20H25NO3S/c1-3-24-17-6-4-5-16(12-17)19(18-11-14(2)13-25-18)21-9-7-15(8-10-21)20(22)23/h4-6,11-13,15,19H,3,7-10H2,1-2H3,(H,22,23). The first-order valence-electron chi connectivity index (χ1n) is 8.83. The molecule has 1 aromatic heterocycles. The largest absolute Gasteiger partial charge is 0.494 e. The Bertz CT molecular complexity index is 719. The van der Waals surface area contributed by atoms with E-state index in [2.05, 4.69) is 35.4 Å². The molecular formula is C20H25NO3S. The van der Waals surface area contributed by atoms with Crippen molar-refractivity contribution in [2.45, 2.75) is 32.7 Å². The number of carboxylic acid groups (broad SMARTS) is 1. The molecule has 1 fully saturated rings. The van der Waals surface area contributed by atoms with Crippen molar-refractivity contribution in [3.05, 3.63) is 51.7 Å². The Balaban J connectivity index is 1.89. The van der Waals surface area contributed by atoms with Crippen LogP contribution < -0.4 is 4.74 Å². The summed E-state index contributed by atoms with van der Waals surface area (Å²) >= 11 is 1.77. The van der Waals surface area contributed by atoms with Gasteiger partial charge in [0, 0.05) is 4.88 Å². The number of aryl methyl sites for hydroxylation is 1. The average Bonchev–Trinajstić information content (AvgIpc) is 3.02. The zero-order chi connectivity index (χ0) is 17.8. The van der Waals surface area contributed by atoms with Crippen LogP contribution in [0.4, 0.5) is 0 Å². The first-order valence-corrected chi connectivity index (χ1v) is 9.71. The lowest BCUT2D eigenvalue weighted by Crippen LogP contribution is -2.39. The van der Waals surface area contributed by atoms with Crippen LogP contribution in [0, 0.1) is 12.8 Å². The van der Waals surface area contributed by atoms with E-state index in [0.717, 1.165) is 18.8 Å². The summed E-state index contributed by atoms with van der Waals surface area (Å²) in [4.78, 5) is 15.0. The Labute approximate surface area is 153 Å². The fourth-order valence-corrected chi connectivity index (χ4v) is 4.56. The van der Waals surface area contributed by atoms with Crippen molar-refractivity contribution < 1.29 is 14.6 Å². The number of aliphatic carboxylic acids is 1. The summed E-state index contributed by atoms with van der Waals surface area (Å²) in [5.74, 6) is 0.0111. The Morgan fingerprint density at radius 2 is 2.12 bits per heavy atom. The van der Waals surface area contributed by atoms with E-state index in [0.29, 0.717) is 19.4 Å². The highest BCUT2D eigenvalue weighted by molar-refractivity contribution is 7.10. The van der Waals surface area contributed by atoms with E-state index in [1.807, 2.05) is 19.1 Å². The summed E-state index contributed by atoms with van der Waals surface area (Å²) in [6.45, 7) is 6.36. The molecular weight excluding hydrogens is 334 g/mol. The van der Waals surface area contributed by atoms with Gasteiger partial charge in [-0.3, -0.25) is 9.69 Å². The van der Waals surface area contributed by atoms with Crippen LogP contribution in [0.2, 0.25) is 0 Å². The average molecular weight is 359 g/mol. The number of benzene rings is 1. The second-order valence-electron chi connectivity index (χ2n) is 6.58. The topological polar surface area (TPSA) is 49.8 Å². The van der Waals surface area contributed by atoms with E-state index in [4.69, 9.17) is 4.74 Å². The van der Waals surface area contributed by atoms with E-state index in [9.17, 15) is 9.90 Å². The van der Waals surface area contributed by atoms with Crippen LogP contribution >= 0.6 is 11.3 Å². The van der Waals surface area contributed by atoms with Crippen molar-refractivity contribution >= 4 is 17.3 Å². The molecule has 1 aromatic carbocycles. The number of ether oxygens (including phenoxy) is 1. The minimum atomic E-state index is -0.665. The van der Waals surface area contributed by atoms with Crippen molar-refractivity contribution in [1.82, 2.24) is 4.90 Å². The van der Waals surface area contributed by atoms with E-state index in [-0.39, 0.29) is 12.0 Å². The molecule has 134 valence electrons. The SMILES string of the molecule is CCOc1cccc(C(c2cc(C)cs2)N2CCC(C(=O)O)CC2)c1. The zero-order valence-electron chi connectivity index (χ0n) is 14.8. The number of thiophene rings is 1. The van der Waals surface area contributed by atoms with Gasteiger partial charge >= 0.3 is 5.97 Å². The Kier molecular flexibility index (Phi) is 5.76. The molecule has 5 heteroatoms. The van der Waals surface area contributed by atoms with Crippen molar-refractivity contribution in [3.63, 3.8) is 0 Å². The first-order chi connectivity index (χ1) is 12.1. The summed E-state index contributed by atoms with van der Waals surface area (Å²) in [5.41, 5.74) is 2.48. The molecule has 0 amide bonds. The van der Waals surface area contributed by atoms with E-state index >= 15 is 0 Å². The zero-order valence-corrected chi connectivity index (χ0v) is 15.6. The second kappa shape index (κ2) is 8.02. The smallest absolute Gasteiger partial charge is 0.306 e. The lowest BCUT2D eigenvalue weighted by molar-refractivity contribution is -0.143. The van der Waals surface area contributed by atoms with Crippen LogP contribution in [-0.4, -0.2) is 35.7 Å². The summed E-state index contributed by atoms with van der Waals surface area (Å²) in [7, 11) is 0. The molecule has 0 radical (unpaired) electrons. The summed E-state index contributed by atoms with van der Waals surface area (Å²) < 4.78 is 5.68. The van der Waals surface area contributed by atoms with E-state index in [1.54, 1.807) is 11.3 Å². The van der Waals surface area contributed by atoms with Crippen LogP contribution in [0.5, 0.6) is 5.75 Å². The summed E-state index contributed by atoms with van der Waals surface area (Å²) in [6, 6.07) is 10.7. The maximum atomic E-state index is 11.3. The van der Waals surface area contributed by atoms with Gasteiger partial charge in [0.15, 0.2) is 0 Å². The van der Waals surface area contributed by atoms with E-state index < -0.39 is 5.97 Å². The van der Waals surface area contributed by atoms with Crippen LogP contribution in [0.25, 0.3) is 0 Å². The third-order valence-corrected chi connectivity index (χ3v) is 5.85. The van der Waals surface area contributed by atoms with E-state index in [1.165, 1.54) is 16.0 Å². The molecule has 1 atom stereocenters. The predicted molar refractivity (Wildman–Crippen MR) is 100 cm³/mol. The predicted octanol–water partition coefficient (Wildman–Crippen LogP) is 4.34. The molecule has 0 saturated carbocycles. The lowest BCUT2D eigenvalue weighted by Gasteiger charge is -2.36. The number of hydrogen-bond donors (Lipinski definition) is 1. The highest BCUT2D eigenvalue weighted by Gasteiger charge is 2.30. The van der Waals surface area contributed by atoms with Gasteiger partial charge < -0.3 is 9.84 Å². The molecule has 1 N–H and O–H groups in total. The second-order valence-corrected chi connectivity index (χ2v) is 7.53.